The minimum absolute atomic E-state index is 0.0209. The standard InChI is InChI=1S/C10H15N2O5PS/c1-5-3-12(10(15)11-9(5)14)8-2-6(17-18-19)7(4-13)16-8/h3,6-8,13,18-19H,2,4H2,1H3,(H,11,14,15)/t6-,7?,8?/m0/s1. The molecular weight excluding hydrogens is 291 g/mol. The first-order chi connectivity index (χ1) is 9.06. The second-order valence-electron chi connectivity index (χ2n) is 4.27. The van der Waals surface area contributed by atoms with Gasteiger partial charge in [-0.1, -0.05) is 0 Å². The molecule has 9 heteroatoms. The molecule has 106 valence electrons. The van der Waals surface area contributed by atoms with E-state index in [1.807, 2.05) is 0 Å². The third-order valence-corrected chi connectivity index (χ3v) is 3.75. The fourth-order valence-electron chi connectivity index (χ4n) is 2.03. The predicted octanol–water partition coefficient (Wildman–Crippen LogP) is -0.0517. The van der Waals surface area contributed by atoms with E-state index in [0.717, 1.165) is 0 Å². The molecule has 1 fully saturated rings. The van der Waals surface area contributed by atoms with Crippen molar-refractivity contribution in [2.24, 2.45) is 0 Å². The van der Waals surface area contributed by atoms with E-state index in [9.17, 15) is 14.7 Å². The van der Waals surface area contributed by atoms with E-state index in [1.165, 1.54) is 10.8 Å². The quantitative estimate of drug-likeness (QED) is 0.535. The number of aliphatic hydroxyl groups is 1. The summed E-state index contributed by atoms with van der Waals surface area (Å²) in [6.45, 7) is 1.41. The van der Waals surface area contributed by atoms with E-state index in [2.05, 4.69) is 17.2 Å². The monoisotopic (exact) mass is 306 g/mol. The highest BCUT2D eigenvalue weighted by atomic mass is 32.7. The normalized spacial score (nSPS) is 27.4. The Morgan fingerprint density at radius 2 is 2.42 bits per heavy atom. The summed E-state index contributed by atoms with van der Waals surface area (Å²) in [5, 5.41) is 9.22. The Morgan fingerprint density at radius 3 is 3.05 bits per heavy atom. The summed E-state index contributed by atoms with van der Waals surface area (Å²) in [4.78, 5) is 25.3. The first kappa shape index (κ1) is 14.7. The van der Waals surface area contributed by atoms with Crippen LogP contribution in [0, 0.1) is 6.92 Å². The van der Waals surface area contributed by atoms with Gasteiger partial charge >= 0.3 is 5.69 Å². The van der Waals surface area contributed by atoms with Crippen LogP contribution >= 0.6 is 20.3 Å². The lowest BCUT2D eigenvalue weighted by atomic mass is 10.2. The molecule has 0 radical (unpaired) electrons. The predicted molar refractivity (Wildman–Crippen MR) is 73.8 cm³/mol. The highest BCUT2D eigenvalue weighted by Gasteiger charge is 2.37. The van der Waals surface area contributed by atoms with E-state index < -0.39 is 23.6 Å². The van der Waals surface area contributed by atoms with Gasteiger partial charge < -0.3 is 14.4 Å². The van der Waals surface area contributed by atoms with E-state index in [-0.39, 0.29) is 20.7 Å². The van der Waals surface area contributed by atoms with Crippen molar-refractivity contribution in [3.8, 4) is 0 Å². The zero-order chi connectivity index (χ0) is 14.0. The summed E-state index contributed by atoms with van der Waals surface area (Å²) >= 11 is 3.99. The number of aromatic nitrogens is 2. The van der Waals surface area contributed by atoms with Crippen LogP contribution in [-0.2, 0) is 9.26 Å². The number of thiol groups is 1. The highest BCUT2D eigenvalue weighted by molar-refractivity contribution is 8.36. The molecule has 7 nitrogen and oxygen atoms in total. The summed E-state index contributed by atoms with van der Waals surface area (Å²) in [6, 6.07) is 0. The fraction of sp³-hybridized carbons (Fsp3) is 0.600. The van der Waals surface area contributed by atoms with Crippen molar-refractivity contribution < 1.29 is 14.4 Å². The van der Waals surface area contributed by atoms with Crippen LogP contribution in [0.3, 0.4) is 0 Å². The van der Waals surface area contributed by atoms with Gasteiger partial charge in [0, 0.05) is 18.2 Å². The van der Waals surface area contributed by atoms with Crippen LogP contribution in [0.15, 0.2) is 15.8 Å². The minimum Gasteiger partial charge on any atom is -0.394 e. The summed E-state index contributed by atoms with van der Waals surface area (Å²) in [6.07, 6.45) is 0.499. The van der Waals surface area contributed by atoms with Crippen LogP contribution in [0.5, 0.6) is 0 Å². The van der Waals surface area contributed by atoms with Gasteiger partial charge in [-0.05, 0) is 6.92 Å². The Bertz CT molecular complexity index is 560. The number of rotatable bonds is 4. The Labute approximate surface area is 116 Å². The van der Waals surface area contributed by atoms with Gasteiger partial charge in [-0.2, -0.15) is 0 Å². The van der Waals surface area contributed by atoms with E-state index in [1.54, 1.807) is 6.92 Å². The van der Waals surface area contributed by atoms with Gasteiger partial charge in [-0.25, -0.2) is 4.79 Å². The van der Waals surface area contributed by atoms with Crippen LogP contribution < -0.4 is 11.2 Å². The second kappa shape index (κ2) is 6.19. The van der Waals surface area contributed by atoms with Gasteiger partial charge in [-0.15, -0.1) is 12.2 Å². The molecular formula is C10H15N2O5PS. The first-order valence-corrected chi connectivity index (χ1v) is 7.89. The zero-order valence-corrected chi connectivity index (χ0v) is 12.1. The number of aliphatic hydroxyl groups excluding tert-OH is 1. The van der Waals surface area contributed by atoms with Crippen LogP contribution in [0.25, 0.3) is 0 Å². The minimum atomic E-state index is -0.560. The maximum atomic E-state index is 11.7. The fourth-order valence-corrected chi connectivity index (χ4v) is 2.82. The molecule has 3 unspecified atom stereocenters. The number of ether oxygens (including phenoxy) is 1. The molecule has 0 bridgehead atoms. The number of hydrogen-bond acceptors (Lipinski definition) is 6. The molecule has 2 rings (SSSR count). The lowest BCUT2D eigenvalue weighted by Gasteiger charge is -2.15. The number of H-pyrrole nitrogens is 1. The molecule has 0 saturated carbocycles. The van der Waals surface area contributed by atoms with E-state index in [0.29, 0.717) is 12.0 Å². The van der Waals surface area contributed by atoms with Crippen molar-refractivity contribution in [3.05, 3.63) is 32.6 Å². The molecule has 2 N–H and O–H groups in total. The van der Waals surface area contributed by atoms with E-state index >= 15 is 0 Å². The van der Waals surface area contributed by atoms with Crippen molar-refractivity contribution in [3.63, 3.8) is 0 Å². The van der Waals surface area contributed by atoms with Gasteiger partial charge in [0.2, 0.25) is 0 Å². The van der Waals surface area contributed by atoms with Crippen LogP contribution in [-0.4, -0.2) is 33.5 Å². The maximum Gasteiger partial charge on any atom is 0.330 e. The molecule has 1 saturated heterocycles. The van der Waals surface area contributed by atoms with Crippen molar-refractivity contribution in [2.75, 3.05) is 6.61 Å². The maximum absolute atomic E-state index is 11.7. The number of hydrogen-bond donors (Lipinski definition) is 3. The van der Waals surface area contributed by atoms with Gasteiger partial charge in [0.1, 0.15) is 12.3 Å². The largest absolute Gasteiger partial charge is 0.394 e. The highest BCUT2D eigenvalue weighted by Crippen LogP contribution is 2.34. The van der Waals surface area contributed by atoms with Gasteiger partial charge in [0.05, 0.1) is 20.7 Å². The van der Waals surface area contributed by atoms with E-state index in [4.69, 9.17) is 9.26 Å². The van der Waals surface area contributed by atoms with Crippen LogP contribution in [0.1, 0.15) is 18.2 Å². The summed E-state index contributed by atoms with van der Waals surface area (Å²) < 4.78 is 12.3. The Morgan fingerprint density at radius 1 is 1.68 bits per heavy atom. The molecule has 1 aromatic heterocycles. The lowest BCUT2D eigenvalue weighted by Crippen LogP contribution is -2.33. The van der Waals surface area contributed by atoms with Gasteiger partial charge in [0.25, 0.3) is 5.56 Å². The summed E-state index contributed by atoms with van der Waals surface area (Å²) in [7, 11) is -0.0209. The third kappa shape index (κ3) is 3.09. The molecule has 2 heterocycles. The first-order valence-electron chi connectivity index (χ1n) is 5.70. The summed E-state index contributed by atoms with van der Waals surface area (Å²) in [5.41, 5.74) is -0.530. The number of aryl methyl sites for hydroxylation is 1. The average Bonchev–Trinajstić information content (AvgIpc) is 2.77. The van der Waals surface area contributed by atoms with Gasteiger partial charge in [0.15, 0.2) is 0 Å². The van der Waals surface area contributed by atoms with Crippen LogP contribution in [0.4, 0.5) is 0 Å². The smallest absolute Gasteiger partial charge is 0.330 e. The Kier molecular flexibility index (Phi) is 4.81. The molecule has 0 aliphatic carbocycles. The topological polar surface area (TPSA) is 93.6 Å². The molecule has 1 aromatic rings. The van der Waals surface area contributed by atoms with Crippen molar-refractivity contribution in [1.29, 1.82) is 0 Å². The van der Waals surface area contributed by atoms with Gasteiger partial charge in [-0.3, -0.25) is 14.3 Å². The third-order valence-electron chi connectivity index (χ3n) is 3.02. The molecule has 19 heavy (non-hydrogen) atoms. The van der Waals surface area contributed by atoms with Crippen molar-refractivity contribution >= 4 is 20.3 Å². The zero-order valence-electron chi connectivity index (χ0n) is 10.2. The average molecular weight is 306 g/mol. The van der Waals surface area contributed by atoms with Crippen LogP contribution in [0.2, 0.25) is 0 Å². The van der Waals surface area contributed by atoms with Crippen molar-refractivity contribution in [1.82, 2.24) is 9.55 Å². The molecule has 1 aliphatic heterocycles. The Balaban J connectivity index is 2.27. The SMILES string of the molecule is Cc1cn(C2C[C@H](OPS)C(CO)O2)c(=O)[nH]c1=O. The molecule has 0 spiro atoms. The van der Waals surface area contributed by atoms with Crippen molar-refractivity contribution in [2.45, 2.75) is 31.8 Å². The number of aromatic amines is 1. The Hall–Kier alpha value is -0.660. The lowest BCUT2D eigenvalue weighted by molar-refractivity contribution is -0.0404. The number of nitrogens with zero attached hydrogens (tertiary/aromatic N) is 1. The number of nitrogens with one attached hydrogen (secondary N) is 1. The molecule has 4 atom stereocenters. The molecule has 0 amide bonds. The molecule has 0 aromatic carbocycles. The second-order valence-corrected chi connectivity index (χ2v) is 5.24. The molecule has 1 aliphatic rings. The summed E-state index contributed by atoms with van der Waals surface area (Å²) in [5.74, 6) is 0.